The van der Waals surface area contributed by atoms with Crippen molar-refractivity contribution in [2.24, 2.45) is 0 Å². The second-order valence-corrected chi connectivity index (χ2v) is 6.91. The fraction of sp³-hybridized carbons (Fsp3) is 0.500. The first kappa shape index (κ1) is 16.0. The van der Waals surface area contributed by atoms with E-state index in [1.54, 1.807) is 11.3 Å². The van der Waals surface area contributed by atoms with Gasteiger partial charge in [0.2, 0.25) is 11.2 Å². The third-order valence-electron chi connectivity index (χ3n) is 2.82. The van der Waals surface area contributed by atoms with E-state index in [2.05, 4.69) is 47.1 Å². The van der Waals surface area contributed by atoms with E-state index in [9.17, 15) is 0 Å². The van der Waals surface area contributed by atoms with Crippen molar-refractivity contribution < 1.29 is 4.74 Å². The number of nitrogens with one attached hydrogen (secondary N) is 1. The van der Waals surface area contributed by atoms with Crippen molar-refractivity contribution >= 4 is 28.9 Å². The summed E-state index contributed by atoms with van der Waals surface area (Å²) in [5, 5.41) is 3.37. The zero-order valence-corrected chi connectivity index (χ0v) is 14.3. The predicted octanol–water partition coefficient (Wildman–Crippen LogP) is 4.16. The van der Waals surface area contributed by atoms with Gasteiger partial charge in [-0.25, -0.2) is 0 Å². The minimum Gasteiger partial charge on any atom is -0.461 e. The molecule has 0 aromatic carbocycles. The molecular weight excluding hydrogens is 308 g/mol. The molecule has 1 unspecified atom stereocenters. The highest BCUT2D eigenvalue weighted by Crippen LogP contribution is 2.28. The van der Waals surface area contributed by atoms with Crippen LogP contribution in [0.3, 0.4) is 0 Å². The molecule has 2 aromatic heterocycles. The highest BCUT2D eigenvalue weighted by Gasteiger charge is 2.14. The number of halogens is 1. The number of anilines is 1. The van der Waals surface area contributed by atoms with Gasteiger partial charge >= 0.3 is 6.01 Å². The predicted molar refractivity (Wildman–Crippen MR) is 86.4 cm³/mol. The number of hydrogen-bond acceptors (Lipinski definition) is 6. The molecule has 2 rings (SSSR count). The second kappa shape index (κ2) is 6.58. The third kappa shape index (κ3) is 4.28. The average molecular weight is 327 g/mol. The molecule has 2 heterocycles. The highest BCUT2D eigenvalue weighted by molar-refractivity contribution is 7.12. The summed E-state index contributed by atoms with van der Waals surface area (Å²) in [6.45, 7) is 10.1. The normalized spacial score (nSPS) is 12.5. The lowest BCUT2D eigenvalue weighted by Gasteiger charge is -2.15. The lowest BCUT2D eigenvalue weighted by molar-refractivity contribution is 0.222. The molecule has 21 heavy (non-hydrogen) atoms. The Kier molecular flexibility index (Phi) is 5.00. The van der Waals surface area contributed by atoms with Gasteiger partial charge in [0.15, 0.2) is 0 Å². The smallest absolute Gasteiger partial charge is 0.322 e. The van der Waals surface area contributed by atoms with Crippen molar-refractivity contribution in [3.8, 4) is 6.01 Å². The SMILES string of the molecule is Cc1cc(C(C)Nc2nc(Cl)nc(OC(C)C)n2)c(C)s1. The van der Waals surface area contributed by atoms with Gasteiger partial charge in [0, 0.05) is 9.75 Å². The van der Waals surface area contributed by atoms with Crippen LogP contribution in [-0.4, -0.2) is 21.1 Å². The van der Waals surface area contributed by atoms with Crippen molar-refractivity contribution in [2.75, 3.05) is 5.32 Å². The van der Waals surface area contributed by atoms with E-state index in [4.69, 9.17) is 16.3 Å². The molecule has 0 bridgehead atoms. The first-order valence-electron chi connectivity index (χ1n) is 6.77. The van der Waals surface area contributed by atoms with Crippen LogP contribution in [0.2, 0.25) is 5.28 Å². The number of ether oxygens (including phenoxy) is 1. The summed E-state index contributed by atoms with van der Waals surface area (Å²) >= 11 is 7.70. The van der Waals surface area contributed by atoms with Crippen LogP contribution < -0.4 is 10.1 Å². The lowest BCUT2D eigenvalue weighted by Crippen LogP contribution is -2.13. The van der Waals surface area contributed by atoms with E-state index < -0.39 is 0 Å². The number of nitrogens with zero attached hydrogens (tertiary/aromatic N) is 3. The molecule has 0 aliphatic rings. The Labute approximate surface area is 133 Å². The van der Waals surface area contributed by atoms with Crippen molar-refractivity contribution in [1.82, 2.24) is 15.0 Å². The maximum absolute atomic E-state index is 5.92. The molecule has 5 nitrogen and oxygen atoms in total. The fourth-order valence-corrected chi connectivity index (χ4v) is 3.19. The van der Waals surface area contributed by atoms with E-state index >= 15 is 0 Å². The molecule has 1 N–H and O–H groups in total. The first-order valence-corrected chi connectivity index (χ1v) is 7.96. The standard InChI is InChI=1S/C14H19ClN4OS/c1-7(2)20-14-18-12(15)17-13(19-14)16-9(4)11-6-8(3)21-10(11)5/h6-7,9H,1-5H3,(H,16,17,18,19). The van der Waals surface area contributed by atoms with Crippen LogP contribution in [0.4, 0.5) is 5.95 Å². The van der Waals surface area contributed by atoms with Gasteiger partial charge in [0.05, 0.1) is 12.1 Å². The molecule has 114 valence electrons. The maximum Gasteiger partial charge on any atom is 0.322 e. The molecule has 0 spiro atoms. The number of hydrogen-bond donors (Lipinski definition) is 1. The molecule has 0 saturated heterocycles. The Bertz CT molecular complexity index is 629. The summed E-state index contributed by atoms with van der Waals surface area (Å²) in [5.74, 6) is 0.418. The van der Waals surface area contributed by atoms with Gasteiger partial charge < -0.3 is 10.1 Å². The van der Waals surface area contributed by atoms with Crippen LogP contribution in [-0.2, 0) is 0 Å². The molecule has 1 atom stereocenters. The summed E-state index contributed by atoms with van der Waals surface area (Å²) < 4.78 is 5.47. The number of aryl methyl sites for hydroxylation is 2. The molecule has 2 aromatic rings. The summed E-state index contributed by atoms with van der Waals surface area (Å²) in [7, 11) is 0. The van der Waals surface area contributed by atoms with E-state index in [1.807, 2.05) is 13.8 Å². The third-order valence-corrected chi connectivity index (χ3v) is 3.97. The molecule has 7 heteroatoms. The Balaban J connectivity index is 2.18. The minimum absolute atomic E-state index is 0.0180. The Morgan fingerprint density at radius 2 is 1.90 bits per heavy atom. The number of aromatic nitrogens is 3. The van der Waals surface area contributed by atoms with Gasteiger partial charge in [0.1, 0.15) is 0 Å². The van der Waals surface area contributed by atoms with Crippen LogP contribution in [0.5, 0.6) is 6.01 Å². The maximum atomic E-state index is 5.92. The molecule has 0 saturated carbocycles. The number of thiophene rings is 1. The van der Waals surface area contributed by atoms with Crippen LogP contribution in [0, 0.1) is 13.8 Å². The topological polar surface area (TPSA) is 59.9 Å². The van der Waals surface area contributed by atoms with Gasteiger partial charge in [-0.1, -0.05) is 0 Å². The van der Waals surface area contributed by atoms with Crippen LogP contribution in [0.1, 0.15) is 42.1 Å². The van der Waals surface area contributed by atoms with Gasteiger partial charge in [-0.2, -0.15) is 15.0 Å². The molecule has 0 fully saturated rings. The van der Waals surface area contributed by atoms with Gasteiger partial charge in [0.25, 0.3) is 0 Å². The molecule has 0 amide bonds. The van der Waals surface area contributed by atoms with Crippen LogP contribution in [0.25, 0.3) is 0 Å². The van der Waals surface area contributed by atoms with Crippen LogP contribution in [0.15, 0.2) is 6.07 Å². The van der Waals surface area contributed by atoms with Gasteiger partial charge in [-0.3, -0.25) is 0 Å². The average Bonchev–Trinajstić information content (AvgIpc) is 2.66. The zero-order valence-electron chi connectivity index (χ0n) is 12.8. The first-order chi connectivity index (χ1) is 9.85. The van der Waals surface area contributed by atoms with Crippen molar-refractivity contribution in [2.45, 2.75) is 46.8 Å². The summed E-state index contributed by atoms with van der Waals surface area (Å²) in [6, 6.07) is 2.49. The minimum atomic E-state index is -0.0180. The molecule has 0 aliphatic carbocycles. The van der Waals surface area contributed by atoms with Gasteiger partial charge in [-0.05, 0) is 57.8 Å². The van der Waals surface area contributed by atoms with E-state index in [0.717, 1.165) is 0 Å². The molecule has 0 radical (unpaired) electrons. The Hall–Kier alpha value is -1.40. The zero-order chi connectivity index (χ0) is 15.6. The summed E-state index contributed by atoms with van der Waals surface area (Å²) in [4.78, 5) is 14.9. The Morgan fingerprint density at radius 1 is 1.19 bits per heavy atom. The van der Waals surface area contributed by atoms with E-state index in [1.165, 1.54) is 15.3 Å². The summed E-state index contributed by atoms with van der Waals surface area (Å²) in [5.41, 5.74) is 1.24. The molecular formula is C14H19ClN4OS. The van der Waals surface area contributed by atoms with Crippen molar-refractivity contribution in [3.63, 3.8) is 0 Å². The quantitative estimate of drug-likeness (QED) is 0.893. The lowest BCUT2D eigenvalue weighted by atomic mass is 10.1. The summed E-state index contributed by atoms with van der Waals surface area (Å²) in [6.07, 6.45) is -0.0180. The van der Waals surface area contributed by atoms with E-state index in [-0.39, 0.29) is 23.4 Å². The largest absolute Gasteiger partial charge is 0.461 e. The monoisotopic (exact) mass is 326 g/mol. The molecule has 0 aliphatic heterocycles. The van der Waals surface area contributed by atoms with Gasteiger partial charge in [-0.15, -0.1) is 11.3 Å². The van der Waals surface area contributed by atoms with Crippen molar-refractivity contribution in [3.05, 3.63) is 26.7 Å². The van der Waals surface area contributed by atoms with Crippen LogP contribution >= 0.6 is 22.9 Å². The second-order valence-electron chi connectivity index (χ2n) is 5.11. The number of rotatable bonds is 5. The highest BCUT2D eigenvalue weighted by atomic mass is 35.5. The fourth-order valence-electron chi connectivity index (χ4n) is 2.01. The Morgan fingerprint density at radius 3 is 2.48 bits per heavy atom. The van der Waals surface area contributed by atoms with Crippen molar-refractivity contribution in [1.29, 1.82) is 0 Å². The van der Waals surface area contributed by atoms with E-state index in [0.29, 0.717) is 5.95 Å².